The maximum atomic E-state index is 11.1. The smallest absolute Gasteiger partial charge is 0.324 e. The maximum absolute atomic E-state index is 11.1. The summed E-state index contributed by atoms with van der Waals surface area (Å²) < 4.78 is 12.7. The van der Waals surface area contributed by atoms with Crippen LogP contribution >= 0.6 is 7.60 Å². The van der Waals surface area contributed by atoms with Gasteiger partial charge in [-0.25, -0.2) is 4.68 Å². The molecule has 0 fully saturated rings. The Hall–Kier alpha value is -2.27. The van der Waals surface area contributed by atoms with E-state index in [1.54, 1.807) is 29.1 Å². The van der Waals surface area contributed by atoms with Crippen molar-refractivity contribution in [1.29, 1.82) is 0 Å². The summed E-state index contributed by atoms with van der Waals surface area (Å²) in [4.78, 5) is 18.2. The number of benzene rings is 2. The molecule has 23 heavy (non-hydrogen) atoms. The van der Waals surface area contributed by atoms with Crippen LogP contribution in [-0.4, -0.2) is 24.8 Å². The van der Waals surface area contributed by atoms with Gasteiger partial charge in [0.25, 0.3) is 0 Å². The topological polar surface area (TPSA) is 88.2 Å². The lowest BCUT2D eigenvalue weighted by molar-refractivity contribution is 0.371. The van der Waals surface area contributed by atoms with Crippen LogP contribution < -0.4 is 0 Å². The summed E-state index contributed by atoms with van der Waals surface area (Å²) in [6.07, 6.45) is 1.50. The van der Waals surface area contributed by atoms with Crippen molar-refractivity contribution in [2.45, 2.75) is 13.1 Å². The molecule has 1 heterocycles. The summed E-state index contributed by atoms with van der Waals surface area (Å²) >= 11 is 0. The normalized spacial score (nSPS) is 11.6. The van der Waals surface area contributed by atoms with Crippen molar-refractivity contribution in [3.8, 4) is 16.9 Å². The minimum Gasteiger partial charge on any atom is -0.324 e. The molecular formula is C16H16N3O3P. The molecule has 0 unspecified atom stereocenters. The van der Waals surface area contributed by atoms with Gasteiger partial charge in [-0.05, 0) is 24.6 Å². The molecule has 2 N–H and O–H groups in total. The van der Waals surface area contributed by atoms with E-state index in [-0.39, 0.29) is 6.16 Å². The van der Waals surface area contributed by atoms with E-state index in [4.69, 9.17) is 9.79 Å². The summed E-state index contributed by atoms with van der Waals surface area (Å²) in [6, 6.07) is 14.9. The van der Waals surface area contributed by atoms with Crippen LogP contribution in [0.2, 0.25) is 0 Å². The van der Waals surface area contributed by atoms with Crippen LogP contribution in [0.15, 0.2) is 54.7 Å². The summed E-state index contributed by atoms with van der Waals surface area (Å²) in [6.45, 7) is 2.02. The van der Waals surface area contributed by atoms with E-state index < -0.39 is 7.60 Å². The Bertz CT molecular complexity index is 868. The van der Waals surface area contributed by atoms with E-state index in [1.165, 1.54) is 5.56 Å². The van der Waals surface area contributed by atoms with Crippen LogP contribution in [0, 0.1) is 6.92 Å². The molecule has 0 saturated carbocycles. The molecule has 0 radical (unpaired) electrons. The highest BCUT2D eigenvalue weighted by atomic mass is 31.2. The van der Waals surface area contributed by atoms with Crippen LogP contribution in [0.5, 0.6) is 0 Å². The number of hydrogen-bond donors (Lipinski definition) is 2. The van der Waals surface area contributed by atoms with Crippen molar-refractivity contribution in [2.24, 2.45) is 0 Å². The van der Waals surface area contributed by atoms with E-state index in [9.17, 15) is 4.57 Å². The van der Waals surface area contributed by atoms with Gasteiger partial charge in [-0.3, -0.25) is 4.57 Å². The molecular weight excluding hydrogens is 313 g/mol. The highest BCUT2D eigenvalue weighted by Crippen LogP contribution is 2.39. The first-order valence-corrected chi connectivity index (χ1v) is 8.84. The fraction of sp³-hybridized carbons (Fsp3) is 0.125. The minimum absolute atomic E-state index is 0.291. The summed E-state index contributed by atoms with van der Waals surface area (Å²) in [5, 5.41) is 8.25. The zero-order valence-electron chi connectivity index (χ0n) is 12.5. The van der Waals surface area contributed by atoms with Crippen LogP contribution in [0.25, 0.3) is 16.9 Å². The van der Waals surface area contributed by atoms with Crippen molar-refractivity contribution in [1.82, 2.24) is 15.0 Å². The van der Waals surface area contributed by atoms with E-state index in [0.29, 0.717) is 11.3 Å². The molecule has 3 aromatic rings. The zero-order chi connectivity index (χ0) is 16.4. The molecule has 1 aromatic heterocycles. The summed E-state index contributed by atoms with van der Waals surface area (Å²) in [5.74, 6) is 0. The average molecular weight is 329 g/mol. The third-order valence-corrected chi connectivity index (χ3v) is 4.18. The molecule has 0 bridgehead atoms. The van der Waals surface area contributed by atoms with E-state index >= 15 is 0 Å². The van der Waals surface area contributed by atoms with Crippen LogP contribution in [-0.2, 0) is 10.7 Å². The first kappa shape index (κ1) is 15.6. The predicted octanol–water partition coefficient (Wildman–Crippen LogP) is 2.92. The van der Waals surface area contributed by atoms with Gasteiger partial charge in [0, 0.05) is 5.56 Å². The molecule has 0 atom stereocenters. The molecule has 3 rings (SSSR count). The average Bonchev–Trinajstić information content (AvgIpc) is 2.96. The largest absolute Gasteiger partial charge is 0.329 e. The van der Waals surface area contributed by atoms with Gasteiger partial charge < -0.3 is 9.79 Å². The Morgan fingerprint density at radius 3 is 2.57 bits per heavy atom. The zero-order valence-corrected chi connectivity index (χ0v) is 13.4. The Morgan fingerprint density at radius 2 is 1.87 bits per heavy atom. The summed E-state index contributed by atoms with van der Waals surface area (Å²) in [7, 11) is -4.09. The minimum atomic E-state index is -4.09. The third-order valence-electron chi connectivity index (χ3n) is 3.40. The molecule has 0 aliphatic heterocycles. The second-order valence-electron chi connectivity index (χ2n) is 5.41. The first-order chi connectivity index (χ1) is 10.9. The number of aryl methyl sites for hydroxylation is 1. The molecule has 0 saturated heterocycles. The number of aromatic nitrogens is 3. The fourth-order valence-corrected chi connectivity index (χ4v) is 2.95. The molecule has 118 valence electrons. The fourth-order valence-electron chi connectivity index (χ4n) is 2.28. The van der Waals surface area contributed by atoms with Crippen molar-refractivity contribution in [3.05, 3.63) is 65.9 Å². The van der Waals surface area contributed by atoms with Crippen molar-refractivity contribution in [2.75, 3.05) is 0 Å². The third kappa shape index (κ3) is 3.93. The molecule has 0 amide bonds. The van der Waals surface area contributed by atoms with Gasteiger partial charge in [0.1, 0.15) is 5.69 Å². The molecule has 0 aliphatic rings. The van der Waals surface area contributed by atoms with Crippen LogP contribution in [0.1, 0.15) is 11.1 Å². The standard InChI is InChI=1S/C16H16N3O3P/c1-12-5-7-14(8-6-12)16-10-19(18-17-16)15-4-2-3-13(9-15)11-23(20,21)22/h2-10H,11H2,1H3,(H2,20,21,22). The van der Waals surface area contributed by atoms with Gasteiger partial charge in [-0.1, -0.05) is 47.2 Å². The number of nitrogens with zero attached hydrogens (tertiary/aromatic N) is 3. The van der Waals surface area contributed by atoms with Crippen LogP contribution in [0.4, 0.5) is 0 Å². The number of rotatable bonds is 4. The Balaban J connectivity index is 1.90. The van der Waals surface area contributed by atoms with Gasteiger partial charge in [-0.2, -0.15) is 0 Å². The number of hydrogen-bond acceptors (Lipinski definition) is 3. The van der Waals surface area contributed by atoms with Gasteiger partial charge in [0.05, 0.1) is 18.0 Å². The Kier molecular flexibility index (Phi) is 4.13. The van der Waals surface area contributed by atoms with Gasteiger partial charge in [0.2, 0.25) is 0 Å². The second kappa shape index (κ2) is 6.08. The van der Waals surface area contributed by atoms with Crippen molar-refractivity contribution < 1.29 is 14.4 Å². The van der Waals surface area contributed by atoms with E-state index in [0.717, 1.165) is 11.3 Å². The molecule has 7 heteroatoms. The Labute approximate surface area is 133 Å². The summed E-state index contributed by atoms with van der Waals surface area (Å²) in [5.41, 5.74) is 4.15. The van der Waals surface area contributed by atoms with Gasteiger partial charge in [-0.15, -0.1) is 5.10 Å². The highest BCUT2D eigenvalue weighted by Gasteiger charge is 2.14. The van der Waals surface area contributed by atoms with Crippen LogP contribution in [0.3, 0.4) is 0 Å². The lowest BCUT2D eigenvalue weighted by atomic mass is 10.1. The predicted molar refractivity (Wildman–Crippen MR) is 87.3 cm³/mol. The molecule has 6 nitrogen and oxygen atoms in total. The first-order valence-electron chi connectivity index (χ1n) is 7.04. The quantitative estimate of drug-likeness (QED) is 0.719. The molecule has 0 aliphatic carbocycles. The molecule has 0 spiro atoms. The SMILES string of the molecule is Cc1ccc(-c2cn(-c3cccc(CP(=O)(O)O)c3)nn2)cc1. The van der Waals surface area contributed by atoms with E-state index in [1.807, 2.05) is 37.3 Å². The van der Waals surface area contributed by atoms with Gasteiger partial charge in [0.15, 0.2) is 0 Å². The van der Waals surface area contributed by atoms with Gasteiger partial charge >= 0.3 is 7.60 Å². The van der Waals surface area contributed by atoms with E-state index in [2.05, 4.69) is 10.3 Å². The second-order valence-corrected chi connectivity index (χ2v) is 7.05. The molecule has 2 aromatic carbocycles. The van der Waals surface area contributed by atoms with Crippen molar-refractivity contribution >= 4 is 7.60 Å². The lowest BCUT2D eigenvalue weighted by Gasteiger charge is -2.06. The highest BCUT2D eigenvalue weighted by molar-refractivity contribution is 7.50. The monoisotopic (exact) mass is 329 g/mol. The van der Waals surface area contributed by atoms with Crippen molar-refractivity contribution in [3.63, 3.8) is 0 Å². The Morgan fingerprint density at radius 1 is 1.13 bits per heavy atom. The maximum Gasteiger partial charge on any atom is 0.329 e. The lowest BCUT2D eigenvalue weighted by Crippen LogP contribution is -1.96.